The Morgan fingerprint density at radius 1 is 1.54 bits per heavy atom. The maximum absolute atomic E-state index is 13.2. The Hall–Kier alpha value is -0.800. The van der Waals surface area contributed by atoms with E-state index in [1.165, 1.54) is 19.2 Å². The topological polar surface area (TPSA) is 26.3 Å². The minimum Gasteiger partial charge on any atom is -0.495 e. The molecule has 0 aliphatic rings. The number of halogens is 3. The van der Waals surface area contributed by atoms with Crippen molar-refractivity contribution < 1.29 is 13.9 Å². The van der Waals surface area contributed by atoms with Gasteiger partial charge in [-0.3, -0.25) is 4.79 Å². The summed E-state index contributed by atoms with van der Waals surface area (Å²) >= 11 is 10.6. The van der Waals surface area contributed by atoms with E-state index >= 15 is 0 Å². The number of carbonyl (C=O) groups excluding carboxylic acids is 1. The molecule has 0 heterocycles. The fraction of sp³-hybridized carbons (Fsp3) is 0.125. The molecule has 0 unspecified atom stereocenters. The van der Waals surface area contributed by atoms with Gasteiger partial charge in [0, 0.05) is 0 Å². The molecule has 0 fully saturated rings. The van der Waals surface area contributed by atoms with Crippen molar-refractivity contribution in [2.24, 2.45) is 0 Å². The van der Waals surface area contributed by atoms with Crippen molar-refractivity contribution in [1.82, 2.24) is 0 Å². The summed E-state index contributed by atoms with van der Waals surface area (Å²) in [7, 11) is 1.35. The molecule has 0 bridgehead atoms. The fourth-order valence-corrected chi connectivity index (χ4v) is 1.23. The average molecular weight is 223 g/mol. The maximum atomic E-state index is 13.2. The molecular formula is C8H5Cl2FO2. The smallest absolute Gasteiger partial charge is 0.255 e. The van der Waals surface area contributed by atoms with Crippen molar-refractivity contribution in [1.29, 1.82) is 0 Å². The SMILES string of the molecule is COc1ccc(C(=O)Cl)c(F)c1Cl. The Labute approximate surface area is 84.2 Å². The number of hydrogen-bond acceptors (Lipinski definition) is 2. The molecule has 2 nitrogen and oxygen atoms in total. The fourth-order valence-electron chi connectivity index (χ4n) is 0.841. The summed E-state index contributed by atoms with van der Waals surface area (Å²) in [6, 6.07) is 2.59. The Bertz CT molecular complexity index is 352. The number of rotatable bonds is 2. The standard InChI is InChI=1S/C8H5Cl2FO2/c1-13-5-3-2-4(8(10)12)7(11)6(5)9/h2-3H,1H3. The Balaban J connectivity index is 3.31. The molecule has 0 atom stereocenters. The van der Waals surface area contributed by atoms with Crippen LogP contribution in [0.25, 0.3) is 0 Å². The second kappa shape index (κ2) is 3.94. The normalized spacial score (nSPS) is 9.85. The molecule has 0 saturated heterocycles. The van der Waals surface area contributed by atoms with Crippen molar-refractivity contribution in [2.45, 2.75) is 0 Å². The Morgan fingerprint density at radius 3 is 2.62 bits per heavy atom. The first-order valence-electron chi connectivity index (χ1n) is 3.29. The number of methoxy groups -OCH3 is 1. The molecule has 0 saturated carbocycles. The van der Waals surface area contributed by atoms with Gasteiger partial charge in [-0.2, -0.15) is 0 Å². The predicted octanol–water partition coefficient (Wildman–Crippen LogP) is 2.87. The molecule has 1 aromatic rings. The van der Waals surface area contributed by atoms with Crippen LogP contribution in [-0.2, 0) is 0 Å². The van der Waals surface area contributed by atoms with E-state index in [9.17, 15) is 9.18 Å². The van der Waals surface area contributed by atoms with Crippen LogP contribution < -0.4 is 4.74 Å². The lowest BCUT2D eigenvalue weighted by Gasteiger charge is -2.04. The highest BCUT2D eigenvalue weighted by Gasteiger charge is 2.15. The highest BCUT2D eigenvalue weighted by atomic mass is 35.5. The molecule has 70 valence electrons. The lowest BCUT2D eigenvalue weighted by Crippen LogP contribution is -1.97. The summed E-state index contributed by atoms with van der Waals surface area (Å²) in [5.41, 5.74) is -0.257. The van der Waals surface area contributed by atoms with Crippen molar-refractivity contribution in [3.8, 4) is 5.75 Å². The van der Waals surface area contributed by atoms with Gasteiger partial charge in [-0.1, -0.05) is 11.6 Å². The molecule has 0 aliphatic heterocycles. The number of benzene rings is 1. The van der Waals surface area contributed by atoms with E-state index in [1.54, 1.807) is 0 Å². The first kappa shape index (κ1) is 10.3. The molecule has 1 rings (SSSR count). The van der Waals surface area contributed by atoms with Gasteiger partial charge in [0.1, 0.15) is 10.8 Å². The van der Waals surface area contributed by atoms with Gasteiger partial charge < -0.3 is 4.74 Å². The van der Waals surface area contributed by atoms with E-state index in [-0.39, 0.29) is 16.3 Å². The van der Waals surface area contributed by atoms with Gasteiger partial charge in [0.2, 0.25) is 0 Å². The maximum Gasteiger partial charge on any atom is 0.255 e. The van der Waals surface area contributed by atoms with Gasteiger partial charge in [0.25, 0.3) is 5.24 Å². The predicted molar refractivity (Wildman–Crippen MR) is 48.1 cm³/mol. The van der Waals surface area contributed by atoms with Crippen LogP contribution in [0.15, 0.2) is 12.1 Å². The van der Waals surface area contributed by atoms with Crippen LogP contribution in [0, 0.1) is 5.82 Å². The van der Waals surface area contributed by atoms with E-state index < -0.39 is 11.1 Å². The van der Waals surface area contributed by atoms with Crippen molar-refractivity contribution in [3.63, 3.8) is 0 Å². The summed E-state index contributed by atoms with van der Waals surface area (Å²) in [4.78, 5) is 10.6. The molecule has 0 amide bonds. The van der Waals surface area contributed by atoms with Crippen LogP contribution in [0.3, 0.4) is 0 Å². The molecule has 0 radical (unpaired) electrons. The van der Waals surface area contributed by atoms with Crippen molar-refractivity contribution >= 4 is 28.4 Å². The Morgan fingerprint density at radius 2 is 2.15 bits per heavy atom. The van der Waals surface area contributed by atoms with E-state index in [0.717, 1.165) is 0 Å². The molecule has 0 aliphatic carbocycles. The van der Waals surface area contributed by atoms with E-state index in [0.29, 0.717) is 0 Å². The molecule has 1 aromatic carbocycles. The van der Waals surface area contributed by atoms with Gasteiger partial charge in [-0.15, -0.1) is 0 Å². The van der Waals surface area contributed by atoms with Gasteiger partial charge in [0.15, 0.2) is 5.82 Å². The van der Waals surface area contributed by atoms with E-state index in [4.69, 9.17) is 27.9 Å². The number of hydrogen-bond donors (Lipinski definition) is 0. The van der Waals surface area contributed by atoms with Gasteiger partial charge in [-0.25, -0.2) is 4.39 Å². The van der Waals surface area contributed by atoms with Gasteiger partial charge in [0.05, 0.1) is 12.7 Å². The zero-order valence-electron chi connectivity index (χ0n) is 6.61. The Kier molecular flexibility index (Phi) is 3.12. The molecule has 0 aromatic heterocycles. The third-order valence-electron chi connectivity index (χ3n) is 1.48. The van der Waals surface area contributed by atoms with Crippen LogP contribution in [-0.4, -0.2) is 12.4 Å². The molecule has 13 heavy (non-hydrogen) atoms. The van der Waals surface area contributed by atoms with Crippen LogP contribution in [0.2, 0.25) is 5.02 Å². The monoisotopic (exact) mass is 222 g/mol. The van der Waals surface area contributed by atoms with Gasteiger partial charge in [-0.05, 0) is 23.7 Å². The van der Waals surface area contributed by atoms with E-state index in [1.807, 2.05) is 0 Å². The molecule has 0 spiro atoms. The zero-order valence-corrected chi connectivity index (χ0v) is 8.12. The number of carbonyl (C=O) groups is 1. The zero-order chi connectivity index (χ0) is 10.0. The molecule has 0 N–H and O–H groups in total. The number of ether oxygens (including phenoxy) is 1. The lowest BCUT2D eigenvalue weighted by molar-refractivity contribution is 0.107. The van der Waals surface area contributed by atoms with Crippen LogP contribution in [0.4, 0.5) is 4.39 Å². The average Bonchev–Trinajstić information content (AvgIpc) is 2.09. The van der Waals surface area contributed by atoms with Gasteiger partial charge >= 0.3 is 0 Å². The second-order valence-corrected chi connectivity index (χ2v) is 2.94. The largest absolute Gasteiger partial charge is 0.495 e. The third kappa shape index (κ3) is 1.92. The van der Waals surface area contributed by atoms with Crippen LogP contribution in [0.1, 0.15) is 10.4 Å². The third-order valence-corrected chi connectivity index (χ3v) is 2.03. The quantitative estimate of drug-likeness (QED) is 0.720. The lowest BCUT2D eigenvalue weighted by atomic mass is 10.2. The summed E-state index contributed by atoms with van der Waals surface area (Å²) in [6.45, 7) is 0. The summed E-state index contributed by atoms with van der Waals surface area (Å²) in [5.74, 6) is -0.693. The summed E-state index contributed by atoms with van der Waals surface area (Å²) < 4.78 is 17.9. The summed E-state index contributed by atoms with van der Waals surface area (Å²) in [5, 5.41) is -1.13. The highest BCUT2D eigenvalue weighted by molar-refractivity contribution is 6.67. The van der Waals surface area contributed by atoms with Crippen LogP contribution in [0.5, 0.6) is 5.75 Å². The van der Waals surface area contributed by atoms with Crippen molar-refractivity contribution in [3.05, 3.63) is 28.5 Å². The van der Waals surface area contributed by atoms with E-state index in [2.05, 4.69) is 0 Å². The minimum absolute atomic E-state index is 0.167. The first-order chi connectivity index (χ1) is 6.07. The van der Waals surface area contributed by atoms with Crippen molar-refractivity contribution in [2.75, 3.05) is 7.11 Å². The summed E-state index contributed by atoms with van der Waals surface area (Å²) in [6.07, 6.45) is 0. The van der Waals surface area contributed by atoms with Crippen LogP contribution >= 0.6 is 23.2 Å². The first-order valence-corrected chi connectivity index (χ1v) is 4.05. The second-order valence-electron chi connectivity index (χ2n) is 2.22. The minimum atomic E-state index is -0.887. The molecule has 5 heteroatoms. The highest BCUT2D eigenvalue weighted by Crippen LogP contribution is 2.29. The molecular weight excluding hydrogens is 218 g/mol.